The van der Waals surface area contributed by atoms with E-state index in [0.717, 1.165) is 29.5 Å². The van der Waals surface area contributed by atoms with Crippen molar-refractivity contribution in [2.75, 3.05) is 6.54 Å². The molecule has 2 amide bonds. The first-order chi connectivity index (χ1) is 14.9. The number of aliphatic carboxylic acids is 1. The van der Waals surface area contributed by atoms with Crippen LogP contribution in [0.15, 0.2) is 65.9 Å². The summed E-state index contributed by atoms with van der Waals surface area (Å²) in [5.74, 6) is -2.86. The number of hydrogen-bond donors (Lipinski definition) is 3. The molecule has 0 radical (unpaired) electrons. The van der Waals surface area contributed by atoms with E-state index in [1.807, 2.05) is 54.6 Å². The maximum absolute atomic E-state index is 13.2. The van der Waals surface area contributed by atoms with Crippen molar-refractivity contribution in [1.82, 2.24) is 10.2 Å². The van der Waals surface area contributed by atoms with E-state index in [1.165, 1.54) is 0 Å². The van der Waals surface area contributed by atoms with Crippen LogP contribution in [0.1, 0.15) is 31.2 Å². The number of carboxylic acids is 1. The number of carbonyl (C=O) groups excluding carboxylic acids is 2. The Kier molecular flexibility index (Phi) is 5.50. The minimum atomic E-state index is -1.22. The van der Waals surface area contributed by atoms with Crippen LogP contribution in [-0.2, 0) is 20.9 Å². The molecule has 0 saturated heterocycles. The second kappa shape index (κ2) is 8.26. The Morgan fingerprint density at radius 2 is 1.58 bits per heavy atom. The first-order valence-electron chi connectivity index (χ1n) is 10.3. The fraction of sp³-hybridized carbons (Fsp3) is 0.292. The van der Waals surface area contributed by atoms with Crippen molar-refractivity contribution < 1.29 is 24.6 Å². The number of nitrogens with zero attached hydrogens (tertiary/aromatic N) is 1. The summed E-state index contributed by atoms with van der Waals surface area (Å²) in [6.45, 7) is -0.357. The molecule has 1 fully saturated rings. The van der Waals surface area contributed by atoms with Crippen LogP contribution >= 0.6 is 0 Å². The summed E-state index contributed by atoms with van der Waals surface area (Å²) in [4.78, 5) is 38.0. The summed E-state index contributed by atoms with van der Waals surface area (Å²) in [6.07, 6.45) is 2.82. The Labute approximate surface area is 180 Å². The standard InChI is InChI=1S/C24H24N2O5/c27-19(28)14-25-22(30)20-21(29)24(12-4-5-13-24)26(23(20)31)15-16-8-10-18(11-9-16)17-6-2-1-3-7-17/h1-3,6-11,29H,4-5,12-15H2,(H,25,30)(H,27,28). The van der Waals surface area contributed by atoms with Crippen molar-refractivity contribution in [2.45, 2.75) is 37.8 Å². The lowest BCUT2D eigenvalue weighted by Crippen LogP contribution is -2.46. The van der Waals surface area contributed by atoms with Gasteiger partial charge in [0.25, 0.3) is 11.8 Å². The van der Waals surface area contributed by atoms with E-state index >= 15 is 0 Å². The van der Waals surface area contributed by atoms with Gasteiger partial charge in [0, 0.05) is 6.54 Å². The van der Waals surface area contributed by atoms with Gasteiger partial charge in [0.2, 0.25) is 0 Å². The highest BCUT2D eigenvalue weighted by Crippen LogP contribution is 2.46. The van der Waals surface area contributed by atoms with Gasteiger partial charge in [-0.3, -0.25) is 14.4 Å². The van der Waals surface area contributed by atoms with Gasteiger partial charge in [-0.15, -0.1) is 0 Å². The van der Waals surface area contributed by atoms with Gasteiger partial charge in [-0.25, -0.2) is 0 Å². The van der Waals surface area contributed by atoms with Gasteiger partial charge < -0.3 is 20.4 Å². The molecule has 2 aromatic rings. The first-order valence-corrected chi connectivity index (χ1v) is 10.3. The predicted octanol–water partition coefficient (Wildman–Crippen LogP) is 3.02. The van der Waals surface area contributed by atoms with Crippen LogP contribution < -0.4 is 5.32 Å². The van der Waals surface area contributed by atoms with Crippen LogP contribution in [0.3, 0.4) is 0 Å². The molecule has 2 aliphatic rings. The van der Waals surface area contributed by atoms with E-state index in [-0.39, 0.29) is 17.9 Å². The third kappa shape index (κ3) is 3.79. The lowest BCUT2D eigenvalue weighted by atomic mass is 9.93. The third-order valence-corrected chi connectivity index (χ3v) is 6.11. The molecular formula is C24H24N2O5. The van der Waals surface area contributed by atoms with Crippen molar-refractivity contribution in [1.29, 1.82) is 0 Å². The van der Waals surface area contributed by atoms with Crippen molar-refractivity contribution in [3.05, 3.63) is 71.5 Å². The monoisotopic (exact) mass is 420 g/mol. The molecule has 1 heterocycles. The molecule has 1 spiro atoms. The molecule has 31 heavy (non-hydrogen) atoms. The normalized spacial score (nSPS) is 17.4. The van der Waals surface area contributed by atoms with Crippen molar-refractivity contribution in [2.24, 2.45) is 0 Å². The highest BCUT2D eigenvalue weighted by molar-refractivity contribution is 6.21. The summed E-state index contributed by atoms with van der Waals surface area (Å²) in [5, 5.41) is 21.9. The number of carboxylic acid groups (broad SMARTS) is 1. The van der Waals surface area contributed by atoms with E-state index < -0.39 is 29.9 Å². The third-order valence-electron chi connectivity index (χ3n) is 6.11. The van der Waals surface area contributed by atoms with Crippen LogP contribution in [0.4, 0.5) is 0 Å². The maximum atomic E-state index is 13.2. The van der Waals surface area contributed by atoms with E-state index in [4.69, 9.17) is 5.11 Å². The zero-order valence-electron chi connectivity index (χ0n) is 17.0. The van der Waals surface area contributed by atoms with Crippen LogP contribution in [0, 0.1) is 0 Å². The number of aliphatic hydroxyl groups excluding tert-OH is 1. The van der Waals surface area contributed by atoms with Crippen molar-refractivity contribution in [3.8, 4) is 11.1 Å². The van der Waals surface area contributed by atoms with Crippen LogP contribution in [0.2, 0.25) is 0 Å². The Morgan fingerprint density at radius 3 is 2.19 bits per heavy atom. The van der Waals surface area contributed by atoms with Gasteiger partial charge in [-0.05, 0) is 29.5 Å². The Hall–Kier alpha value is -3.61. The van der Waals surface area contributed by atoms with Gasteiger partial charge in [0.15, 0.2) is 0 Å². The van der Waals surface area contributed by atoms with Crippen molar-refractivity contribution in [3.63, 3.8) is 0 Å². The SMILES string of the molecule is O=C(O)CNC(=O)C1=C(O)C2(CCCC2)N(Cc2ccc(-c3ccccc3)cc2)C1=O. The maximum Gasteiger partial charge on any atom is 0.322 e. The second-order valence-electron chi connectivity index (χ2n) is 7.99. The number of amides is 2. The molecule has 1 aliphatic carbocycles. The average molecular weight is 420 g/mol. The molecule has 1 saturated carbocycles. The topological polar surface area (TPSA) is 107 Å². The minimum Gasteiger partial charge on any atom is -0.509 e. The summed E-state index contributed by atoms with van der Waals surface area (Å²) in [7, 11) is 0. The van der Waals surface area contributed by atoms with E-state index in [2.05, 4.69) is 5.32 Å². The van der Waals surface area contributed by atoms with E-state index in [1.54, 1.807) is 4.90 Å². The number of rotatable bonds is 6. The fourth-order valence-corrected chi connectivity index (χ4v) is 4.55. The molecule has 7 heteroatoms. The highest BCUT2D eigenvalue weighted by Gasteiger charge is 2.54. The molecule has 3 N–H and O–H groups in total. The fourth-order valence-electron chi connectivity index (χ4n) is 4.55. The lowest BCUT2D eigenvalue weighted by molar-refractivity contribution is -0.138. The zero-order chi connectivity index (χ0) is 22.0. The Bertz CT molecular complexity index is 1040. The van der Waals surface area contributed by atoms with Crippen LogP contribution in [0.25, 0.3) is 11.1 Å². The molecule has 0 atom stereocenters. The number of hydrogen-bond acceptors (Lipinski definition) is 4. The summed E-state index contributed by atoms with van der Waals surface area (Å²) >= 11 is 0. The number of carbonyl (C=O) groups is 3. The van der Waals surface area contributed by atoms with Gasteiger partial charge in [0.1, 0.15) is 23.4 Å². The molecule has 4 rings (SSSR count). The van der Waals surface area contributed by atoms with Crippen molar-refractivity contribution >= 4 is 17.8 Å². The molecule has 0 unspecified atom stereocenters. The average Bonchev–Trinajstić information content (AvgIpc) is 3.34. The lowest BCUT2D eigenvalue weighted by Gasteiger charge is -2.35. The Balaban J connectivity index is 1.58. The van der Waals surface area contributed by atoms with Gasteiger partial charge >= 0.3 is 5.97 Å². The van der Waals surface area contributed by atoms with E-state index in [9.17, 15) is 19.5 Å². The number of nitrogens with one attached hydrogen (secondary N) is 1. The van der Waals surface area contributed by atoms with E-state index in [0.29, 0.717) is 12.8 Å². The molecule has 1 aliphatic heterocycles. The number of benzene rings is 2. The summed E-state index contributed by atoms with van der Waals surface area (Å²) in [6, 6.07) is 17.8. The molecule has 160 valence electrons. The number of aliphatic hydroxyl groups is 1. The molecule has 7 nitrogen and oxygen atoms in total. The highest BCUT2D eigenvalue weighted by atomic mass is 16.4. The van der Waals surface area contributed by atoms with Gasteiger partial charge in [-0.2, -0.15) is 0 Å². The Morgan fingerprint density at radius 1 is 0.968 bits per heavy atom. The first kappa shape index (κ1) is 20.7. The predicted molar refractivity (Wildman–Crippen MR) is 114 cm³/mol. The van der Waals surface area contributed by atoms with Crippen LogP contribution in [-0.4, -0.2) is 45.0 Å². The molecule has 0 bridgehead atoms. The van der Waals surface area contributed by atoms with Gasteiger partial charge in [-0.1, -0.05) is 67.4 Å². The molecule has 0 aromatic heterocycles. The van der Waals surface area contributed by atoms with Crippen LogP contribution in [0.5, 0.6) is 0 Å². The molecular weight excluding hydrogens is 396 g/mol. The largest absolute Gasteiger partial charge is 0.509 e. The van der Waals surface area contributed by atoms with Gasteiger partial charge in [0.05, 0.1) is 0 Å². The zero-order valence-corrected chi connectivity index (χ0v) is 17.0. The molecule has 2 aromatic carbocycles. The second-order valence-corrected chi connectivity index (χ2v) is 7.99. The smallest absolute Gasteiger partial charge is 0.322 e. The summed E-state index contributed by atoms with van der Waals surface area (Å²) < 4.78 is 0. The quantitative estimate of drug-likeness (QED) is 0.623. The summed E-state index contributed by atoms with van der Waals surface area (Å²) in [5.41, 5.74) is 1.80. The minimum absolute atomic E-state index is 0.237.